The summed E-state index contributed by atoms with van der Waals surface area (Å²) in [4.78, 5) is 5.03. The molecule has 10 aromatic rings. The molecule has 0 saturated carbocycles. The second kappa shape index (κ2) is 10.2. The van der Waals surface area contributed by atoms with Crippen LogP contribution in [0.25, 0.3) is 87.9 Å². The number of nitriles is 1. The molecule has 0 aliphatic heterocycles. The number of nitrogens with zero attached hydrogens (tertiary/aromatic N) is 4. The fourth-order valence-electron chi connectivity index (χ4n) is 7.59. The van der Waals surface area contributed by atoms with Crippen molar-refractivity contribution >= 4 is 65.3 Å². The Hall–Kier alpha value is -6.70. The fourth-order valence-corrected chi connectivity index (χ4v) is 7.59. The fraction of sp³-hybridized carbons (Fsp3) is 0. The molecule has 7 aromatic carbocycles. The highest BCUT2D eigenvalue weighted by atomic mass is 15.1. The predicted octanol–water partition coefficient (Wildman–Crippen LogP) is 11.1. The molecule has 3 heterocycles. The molecule has 10 rings (SSSR count). The summed E-state index contributed by atoms with van der Waals surface area (Å²) in [6, 6.07) is 57.9. The standard InChI is InChI=1S/C44H26N4/c45-27-31-26-43(46-38-16-8-6-13-33(31)38)48-39-17-9-7-15-35(39)36-24-29(19-21-40(36)48)30-20-22-41-37(25-30)44-34-14-5-4-10-28(34)18-23-42(44)47(41)32-11-2-1-3-12-32/h1-26H. The number of benzene rings is 7. The summed E-state index contributed by atoms with van der Waals surface area (Å²) in [6.07, 6.45) is 0. The maximum absolute atomic E-state index is 10.0. The maximum Gasteiger partial charge on any atom is 0.139 e. The molecular weight excluding hydrogens is 585 g/mol. The Kier molecular flexibility index (Phi) is 5.61. The van der Waals surface area contributed by atoms with Crippen LogP contribution in [0.1, 0.15) is 5.56 Å². The molecule has 48 heavy (non-hydrogen) atoms. The first-order valence-electron chi connectivity index (χ1n) is 16.1. The molecule has 0 bridgehead atoms. The van der Waals surface area contributed by atoms with Crippen LogP contribution in [0.3, 0.4) is 0 Å². The second-order valence-corrected chi connectivity index (χ2v) is 12.3. The third-order valence-corrected chi connectivity index (χ3v) is 9.73. The van der Waals surface area contributed by atoms with Gasteiger partial charge in [0.15, 0.2) is 0 Å². The van der Waals surface area contributed by atoms with Crippen molar-refractivity contribution in [2.45, 2.75) is 0 Å². The van der Waals surface area contributed by atoms with Gasteiger partial charge in [0.25, 0.3) is 0 Å². The van der Waals surface area contributed by atoms with E-state index in [4.69, 9.17) is 4.98 Å². The molecule has 222 valence electrons. The van der Waals surface area contributed by atoms with Gasteiger partial charge in [0.05, 0.1) is 39.2 Å². The van der Waals surface area contributed by atoms with E-state index < -0.39 is 0 Å². The third-order valence-electron chi connectivity index (χ3n) is 9.73. The molecule has 0 aliphatic rings. The molecule has 0 radical (unpaired) electrons. The highest BCUT2D eigenvalue weighted by Gasteiger charge is 2.18. The SMILES string of the molecule is N#Cc1cc(-n2c3ccccc3c3cc(-c4ccc5c(c4)c4c6ccccc6ccc4n5-c4ccccc4)ccc32)nc2ccccc12. The first-order chi connectivity index (χ1) is 23.8. The van der Waals surface area contributed by atoms with Crippen LogP contribution in [-0.2, 0) is 0 Å². The van der Waals surface area contributed by atoms with Crippen molar-refractivity contribution in [3.63, 3.8) is 0 Å². The van der Waals surface area contributed by atoms with Crippen molar-refractivity contribution in [1.82, 2.24) is 14.1 Å². The average molecular weight is 611 g/mol. The van der Waals surface area contributed by atoms with E-state index in [1.807, 2.05) is 30.3 Å². The molecule has 3 aromatic heterocycles. The van der Waals surface area contributed by atoms with E-state index in [0.717, 1.165) is 55.3 Å². The molecule has 0 spiro atoms. The molecule has 4 heteroatoms. The van der Waals surface area contributed by atoms with Gasteiger partial charge in [0.1, 0.15) is 5.82 Å². The zero-order valence-corrected chi connectivity index (χ0v) is 25.8. The Labute approximate surface area is 276 Å². The lowest BCUT2D eigenvalue weighted by Gasteiger charge is -2.10. The van der Waals surface area contributed by atoms with Crippen molar-refractivity contribution in [1.29, 1.82) is 5.26 Å². The number of hydrogen-bond acceptors (Lipinski definition) is 2. The van der Waals surface area contributed by atoms with Gasteiger partial charge in [0, 0.05) is 32.6 Å². The van der Waals surface area contributed by atoms with E-state index in [9.17, 15) is 5.26 Å². The summed E-state index contributed by atoms with van der Waals surface area (Å²) in [5.41, 5.74) is 9.39. The van der Waals surface area contributed by atoms with Crippen LogP contribution >= 0.6 is 0 Å². The van der Waals surface area contributed by atoms with Crippen LogP contribution in [0.15, 0.2) is 158 Å². The number of para-hydroxylation sites is 3. The van der Waals surface area contributed by atoms with Gasteiger partial charge < -0.3 is 4.57 Å². The number of hydrogen-bond donors (Lipinski definition) is 0. The van der Waals surface area contributed by atoms with Crippen LogP contribution in [0.2, 0.25) is 0 Å². The van der Waals surface area contributed by atoms with Gasteiger partial charge in [-0.2, -0.15) is 5.26 Å². The zero-order valence-electron chi connectivity index (χ0n) is 25.8. The van der Waals surface area contributed by atoms with Gasteiger partial charge in [-0.1, -0.05) is 97.1 Å². The summed E-state index contributed by atoms with van der Waals surface area (Å²) in [5, 5.41) is 18.2. The number of pyridine rings is 1. The molecule has 0 unspecified atom stereocenters. The predicted molar refractivity (Wildman–Crippen MR) is 198 cm³/mol. The maximum atomic E-state index is 10.0. The average Bonchev–Trinajstić information content (AvgIpc) is 3.67. The van der Waals surface area contributed by atoms with Gasteiger partial charge in [0.2, 0.25) is 0 Å². The van der Waals surface area contributed by atoms with Crippen LogP contribution in [0.4, 0.5) is 0 Å². The first-order valence-corrected chi connectivity index (χ1v) is 16.1. The van der Waals surface area contributed by atoms with Crippen LogP contribution in [0, 0.1) is 11.3 Å². The van der Waals surface area contributed by atoms with Crippen LogP contribution in [0.5, 0.6) is 0 Å². The highest BCUT2D eigenvalue weighted by molar-refractivity contribution is 6.22. The van der Waals surface area contributed by atoms with E-state index in [2.05, 4.69) is 143 Å². The van der Waals surface area contributed by atoms with Gasteiger partial charge in [-0.05, 0) is 82.6 Å². The molecule has 0 saturated heterocycles. The monoisotopic (exact) mass is 610 g/mol. The quantitative estimate of drug-likeness (QED) is 0.200. The van der Waals surface area contributed by atoms with Gasteiger partial charge >= 0.3 is 0 Å². The van der Waals surface area contributed by atoms with Gasteiger partial charge in [-0.15, -0.1) is 0 Å². The summed E-state index contributed by atoms with van der Waals surface area (Å²) < 4.78 is 4.56. The first kappa shape index (κ1) is 26.5. The molecule has 0 fully saturated rings. The van der Waals surface area contributed by atoms with E-state index in [0.29, 0.717) is 5.56 Å². The largest absolute Gasteiger partial charge is 0.309 e. The lowest BCUT2D eigenvalue weighted by atomic mass is 9.99. The lowest BCUT2D eigenvalue weighted by Crippen LogP contribution is -1.99. The Bertz CT molecular complexity index is 2960. The van der Waals surface area contributed by atoms with E-state index >= 15 is 0 Å². The van der Waals surface area contributed by atoms with Crippen molar-refractivity contribution < 1.29 is 0 Å². The molecule has 0 N–H and O–H groups in total. The minimum Gasteiger partial charge on any atom is -0.309 e. The number of rotatable bonds is 3. The minimum atomic E-state index is 0.619. The van der Waals surface area contributed by atoms with Crippen molar-refractivity contribution in [3.8, 4) is 28.7 Å². The van der Waals surface area contributed by atoms with E-state index in [-0.39, 0.29) is 0 Å². The van der Waals surface area contributed by atoms with Gasteiger partial charge in [-0.3, -0.25) is 4.57 Å². The Morgan fingerprint density at radius 3 is 1.90 bits per heavy atom. The Morgan fingerprint density at radius 1 is 0.458 bits per heavy atom. The summed E-state index contributed by atoms with van der Waals surface area (Å²) in [6.45, 7) is 0. The number of fused-ring (bicyclic) bond motifs is 9. The minimum absolute atomic E-state index is 0.619. The zero-order chi connectivity index (χ0) is 31.8. The van der Waals surface area contributed by atoms with Crippen molar-refractivity contribution in [2.24, 2.45) is 0 Å². The van der Waals surface area contributed by atoms with E-state index in [1.54, 1.807) is 0 Å². The van der Waals surface area contributed by atoms with Crippen molar-refractivity contribution in [2.75, 3.05) is 0 Å². The second-order valence-electron chi connectivity index (χ2n) is 12.3. The van der Waals surface area contributed by atoms with E-state index in [1.165, 1.54) is 32.6 Å². The van der Waals surface area contributed by atoms with Crippen LogP contribution in [-0.4, -0.2) is 14.1 Å². The molecule has 0 atom stereocenters. The highest BCUT2D eigenvalue weighted by Crippen LogP contribution is 2.40. The van der Waals surface area contributed by atoms with Crippen molar-refractivity contribution in [3.05, 3.63) is 163 Å². The molecular formula is C44H26N4. The lowest BCUT2D eigenvalue weighted by molar-refractivity contribution is 1.10. The Balaban J connectivity index is 1.22. The summed E-state index contributed by atoms with van der Waals surface area (Å²) in [5.74, 6) is 0.742. The summed E-state index contributed by atoms with van der Waals surface area (Å²) in [7, 11) is 0. The molecule has 4 nitrogen and oxygen atoms in total. The van der Waals surface area contributed by atoms with Crippen LogP contribution < -0.4 is 0 Å². The molecule has 0 amide bonds. The Morgan fingerprint density at radius 2 is 1.08 bits per heavy atom. The number of aromatic nitrogens is 3. The van der Waals surface area contributed by atoms with Gasteiger partial charge in [-0.25, -0.2) is 4.98 Å². The molecule has 0 aliphatic carbocycles. The topological polar surface area (TPSA) is 46.5 Å². The normalized spacial score (nSPS) is 11.7. The third kappa shape index (κ3) is 3.79. The smallest absolute Gasteiger partial charge is 0.139 e. The summed E-state index contributed by atoms with van der Waals surface area (Å²) >= 11 is 0.